The van der Waals surface area contributed by atoms with Crippen LogP contribution in [0, 0.1) is 29.1 Å². The molecule has 2 heterocycles. The molecule has 1 saturated carbocycles. The Balaban J connectivity index is 1.12. The van der Waals surface area contributed by atoms with Crippen molar-refractivity contribution in [3.8, 4) is 11.8 Å². The number of fused-ring (bicyclic) bond motifs is 2. The molecule has 3 fully saturated rings. The molecule has 156 valence electrons. The predicted octanol–water partition coefficient (Wildman–Crippen LogP) is 3.19. The number of carbonyl (C=O) groups is 1. The van der Waals surface area contributed by atoms with Gasteiger partial charge < -0.3 is 15.1 Å². The van der Waals surface area contributed by atoms with Gasteiger partial charge in [-0.2, -0.15) is 0 Å². The van der Waals surface area contributed by atoms with Crippen molar-refractivity contribution in [1.82, 2.24) is 15.1 Å². The number of amides is 1. The lowest BCUT2D eigenvalue weighted by atomic mass is 9.78. The second-order valence-electron chi connectivity index (χ2n) is 9.42. The molecule has 30 heavy (non-hydrogen) atoms. The molecule has 1 spiro atoms. The molecule has 3 unspecified atom stereocenters. The fourth-order valence-corrected chi connectivity index (χ4v) is 5.93. The van der Waals surface area contributed by atoms with Crippen LogP contribution in [-0.2, 0) is 4.79 Å². The molecule has 4 nitrogen and oxygen atoms in total. The SMILES string of the molecule is O=C(C#Cc1ccccc1)N1CCC2(CC1)CCN(C(=S)NC1CC3C=CC1C3)C2. The second kappa shape index (κ2) is 8.07. The van der Waals surface area contributed by atoms with E-state index in [0.29, 0.717) is 17.4 Å². The first-order chi connectivity index (χ1) is 14.6. The van der Waals surface area contributed by atoms with E-state index in [0.717, 1.165) is 55.6 Å². The molecule has 2 aliphatic carbocycles. The molecule has 4 aliphatic rings. The number of hydrogen-bond acceptors (Lipinski definition) is 2. The molecule has 5 heteroatoms. The number of piperidine rings is 1. The topological polar surface area (TPSA) is 35.6 Å². The molecule has 1 aromatic rings. The summed E-state index contributed by atoms with van der Waals surface area (Å²) in [6, 6.07) is 10.2. The summed E-state index contributed by atoms with van der Waals surface area (Å²) in [5.74, 6) is 7.18. The molecule has 1 amide bonds. The first kappa shape index (κ1) is 19.6. The fourth-order valence-electron chi connectivity index (χ4n) is 5.62. The van der Waals surface area contributed by atoms with Gasteiger partial charge in [0.25, 0.3) is 5.91 Å². The number of likely N-dealkylation sites (tertiary alicyclic amines) is 2. The van der Waals surface area contributed by atoms with Crippen LogP contribution in [0.25, 0.3) is 0 Å². The van der Waals surface area contributed by atoms with Crippen LogP contribution in [0.15, 0.2) is 42.5 Å². The first-order valence-corrected chi connectivity index (χ1v) is 11.6. The molecule has 2 saturated heterocycles. The van der Waals surface area contributed by atoms with Crippen LogP contribution in [0.1, 0.15) is 37.7 Å². The van der Waals surface area contributed by atoms with Gasteiger partial charge in [0, 0.05) is 43.7 Å². The lowest BCUT2D eigenvalue weighted by Gasteiger charge is -2.39. The number of allylic oxidation sites excluding steroid dienone is 1. The van der Waals surface area contributed by atoms with Crippen molar-refractivity contribution in [3.63, 3.8) is 0 Å². The summed E-state index contributed by atoms with van der Waals surface area (Å²) >= 11 is 5.77. The van der Waals surface area contributed by atoms with Gasteiger partial charge in [0.15, 0.2) is 5.11 Å². The van der Waals surface area contributed by atoms with E-state index in [4.69, 9.17) is 12.2 Å². The lowest BCUT2D eigenvalue weighted by molar-refractivity contribution is -0.127. The highest BCUT2D eigenvalue weighted by molar-refractivity contribution is 7.80. The van der Waals surface area contributed by atoms with Crippen molar-refractivity contribution in [2.45, 2.75) is 38.1 Å². The number of hydrogen-bond donors (Lipinski definition) is 1. The average Bonchev–Trinajstić information content (AvgIpc) is 3.50. The normalized spacial score (nSPS) is 28.5. The standard InChI is InChI=1S/C25H29N3OS/c29-23(9-7-19-4-2-1-3-5-19)27-13-10-25(11-14-27)12-15-28(18-25)24(30)26-22-17-20-6-8-21(22)16-20/h1-6,8,20-22H,10-18H2,(H,26,30). The first-order valence-electron chi connectivity index (χ1n) is 11.2. The van der Waals surface area contributed by atoms with Crippen LogP contribution in [0.2, 0.25) is 0 Å². The van der Waals surface area contributed by atoms with Crippen LogP contribution >= 0.6 is 12.2 Å². The van der Waals surface area contributed by atoms with E-state index in [2.05, 4.69) is 34.2 Å². The van der Waals surface area contributed by atoms with E-state index in [9.17, 15) is 4.79 Å². The smallest absolute Gasteiger partial charge is 0.298 e. The van der Waals surface area contributed by atoms with E-state index >= 15 is 0 Å². The van der Waals surface area contributed by atoms with Gasteiger partial charge in [-0.15, -0.1) is 0 Å². The van der Waals surface area contributed by atoms with Crippen molar-refractivity contribution in [2.24, 2.45) is 17.3 Å². The Morgan fingerprint density at radius 1 is 1.03 bits per heavy atom. The quantitative estimate of drug-likeness (QED) is 0.431. The number of nitrogens with zero attached hydrogens (tertiary/aromatic N) is 2. The van der Waals surface area contributed by atoms with Crippen LogP contribution in [0.5, 0.6) is 0 Å². The summed E-state index contributed by atoms with van der Waals surface area (Å²) < 4.78 is 0. The summed E-state index contributed by atoms with van der Waals surface area (Å²) in [6.45, 7) is 3.65. The Bertz CT molecular complexity index is 907. The van der Waals surface area contributed by atoms with Gasteiger partial charge in [-0.25, -0.2) is 0 Å². The minimum absolute atomic E-state index is 0.0508. The minimum atomic E-state index is -0.0508. The second-order valence-corrected chi connectivity index (χ2v) is 9.80. The van der Waals surface area contributed by atoms with Crippen molar-refractivity contribution in [3.05, 3.63) is 48.0 Å². The Kier molecular flexibility index (Phi) is 5.28. The largest absolute Gasteiger partial charge is 0.359 e. The monoisotopic (exact) mass is 419 g/mol. The lowest BCUT2D eigenvalue weighted by Crippen LogP contribution is -2.47. The molecule has 1 aromatic carbocycles. The summed E-state index contributed by atoms with van der Waals surface area (Å²) in [6.07, 6.45) is 10.5. The van der Waals surface area contributed by atoms with E-state index in [1.165, 1.54) is 19.3 Å². The molecule has 2 bridgehead atoms. The van der Waals surface area contributed by atoms with Crippen LogP contribution in [0.3, 0.4) is 0 Å². The maximum absolute atomic E-state index is 12.5. The zero-order chi connectivity index (χ0) is 20.6. The van der Waals surface area contributed by atoms with Crippen molar-refractivity contribution in [1.29, 1.82) is 0 Å². The molecule has 5 rings (SSSR count). The van der Waals surface area contributed by atoms with Gasteiger partial charge in [0.1, 0.15) is 0 Å². The molecule has 3 atom stereocenters. The number of benzene rings is 1. The Morgan fingerprint density at radius 2 is 1.77 bits per heavy atom. The molecule has 0 radical (unpaired) electrons. The highest BCUT2D eigenvalue weighted by atomic mass is 32.1. The maximum Gasteiger partial charge on any atom is 0.298 e. The number of rotatable bonds is 1. The van der Waals surface area contributed by atoms with Gasteiger partial charge in [0.05, 0.1) is 0 Å². The van der Waals surface area contributed by atoms with Crippen LogP contribution in [-0.4, -0.2) is 53.0 Å². The summed E-state index contributed by atoms with van der Waals surface area (Å²) in [5.41, 5.74) is 1.18. The summed E-state index contributed by atoms with van der Waals surface area (Å²) in [4.78, 5) is 16.8. The minimum Gasteiger partial charge on any atom is -0.359 e. The summed E-state index contributed by atoms with van der Waals surface area (Å²) in [5, 5.41) is 4.59. The average molecular weight is 420 g/mol. The van der Waals surface area contributed by atoms with Gasteiger partial charge in [-0.05, 0) is 73.7 Å². The van der Waals surface area contributed by atoms with Crippen molar-refractivity contribution < 1.29 is 4.79 Å². The Hall–Kier alpha value is -2.32. The zero-order valence-electron chi connectivity index (χ0n) is 17.3. The Morgan fingerprint density at radius 3 is 2.43 bits per heavy atom. The van der Waals surface area contributed by atoms with E-state index < -0.39 is 0 Å². The molecule has 1 N–H and O–H groups in total. The fraction of sp³-hybridized carbons (Fsp3) is 0.520. The number of thiocarbonyl (C=S) groups is 1. The van der Waals surface area contributed by atoms with E-state index in [-0.39, 0.29) is 5.91 Å². The third-order valence-electron chi connectivity index (χ3n) is 7.51. The highest BCUT2D eigenvalue weighted by Crippen LogP contribution is 2.41. The van der Waals surface area contributed by atoms with Crippen molar-refractivity contribution in [2.75, 3.05) is 26.2 Å². The Labute approximate surface area is 184 Å². The molecule has 0 aromatic heterocycles. The maximum atomic E-state index is 12.5. The van der Waals surface area contributed by atoms with Gasteiger partial charge in [-0.3, -0.25) is 4.79 Å². The highest BCUT2D eigenvalue weighted by Gasteiger charge is 2.43. The summed E-state index contributed by atoms with van der Waals surface area (Å²) in [7, 11) is 0. The van der Waals surface area contributed by atoms with E-state index in [1.54, 1.807) is 0 Å². The zero-order valence-corrected chi connectivity index (χ0v) is 18.2. The number of nitrogens with one attached hydrogen (secondary N) is 1. The predicted molar refractivity (Wildman–Crippen MR) is 123 cm³/mol. The van der Waals surface area contributed by atoms with Crippen LogP contribution in [0.4, 0.5) is 0 Å². The van der Waals surface area contributed by atoms with E-state index in [1.807, 2.05) is 35.2 Å². The molecular formula is C25H29N3OS. The molecular weight excluding hydrogens is 390 g/mol. The van der Waals surface area contributed by atoms with Gasteiger partial charge >= 0.3 is 0 Å². The van der Waals surface area contributed by atoms with Crippen LogP contribution < -0.4 is 5.32 Å². The van der Waals surface area contributed by atoms with Crippen molar-refractivity contribution >= 4 is 23.2 Å². The third-order valence-corrected chi connectivity index (χ3v) is 7.89. The van der Waals surface area contributed by atoms with Gasteiger partial charge in [0.2, 0.25) is 0 Å². The number of carbonyl (C=O) groups excluding carboxylic acids is 1. The van der Waals surface area contributed by atoms with Gasteiger partial charge in [-0.1, -0.05) is 36.3 Å². The molecule has 2 aliphatic heterocycles. The third kappa shape index (κ3) is 3.98.